The van der Waals surface area contributed by atoms with E-state index in [1.807, 2.05) is 42.3 Å². The molecular formula is C16H23N3O2. The lowest BCUT2D eigenvalue weighted by Crippen LogP contribution is -2.47. The van der Waals surface area contributed by atoms with Crippen molar-refractivity contribution in [3.8, 4) is 0 Å². The molecule has 1 aliphatic rings. The molecule has 1 atom stereocenters. The maximum Gasteiger partial charge on any atom is 0.236 e. The molecule has 5 nitrogen and oxygen atoms in total. The topological polar surface area (TPSA) is 66.6 Å². The third kappa shape index (κ3) is 4.56. The molecule has 2 rings (SSSR count). The summed E-state index contributed by atoms with van der Waals surface area (Å²) in [6.45, 7) is 2.29. The number of amides is 2. The first-order valence-electron chi connectivity index (χ1n) is 7.36. The molecule has 0 aromatic heterocycles. The van der Waals surface area contributed by atoms with E-state index in [0.717, 1.165) is 25.9 Å². The molecule has 1 heterocycles. The maximum atomic E-state index is 12.3. The molecule has 0 saturated carbocycles. The lowest BCUT2D eigenvalue weighted by molar-refractivity contribution is -0.135. The second-order valence-corrected chi connectivity index (χ2v) is 5.74. The van der Waals surface area contributed by atoms with Crippen molar-refractivity contribution in [3.05, 3.63) is 35.9 Å². The number of carbonyl (C=O) groups excluding carboxylic acids is 2. The van der Waals surface area contributed by atoms with E-state index in [0.29, 0.717) is 13.1 Å². The number of carbonyl (C=O) groups is 2. The summed E-state index contributed by atoms with van der Waals surface area (Å²) in [5.41, 5.74) is 6.53. The molecule has 1 aromatic carbocycles. The molecular weight excluding hydrogens is 266 g/mol. The van der Waals surface area contributed by atoms with Gasteiger partial charge in [0.25, 0.3) is 0 Å². The molecule has 0 spiro atoms. The van der Waals surface area contributed by atoms with E-state index in [1.165, 1.54) is 5.56 Å². The van der Waals surface area contributed by atoms with Crippen LogP contribution < -0.4 is 5.73 Å². The van der Waals surface area contributed by atoms with Gasteiger partial charge in [-0.25, -0.2) is 0 Å². The number of hydrogen-bond donors (Lipinski definition) is 1. The molecule has 0 aliphatic carbocycles. The van der Waals surface area contributed by atoms with Crippen LogP contribution in [0.3, 0.4) is 0 Å². The van der Waals surface area contributed by atoms with Crippen LogP contribution in [-0.2, 0) is 16.1 Å². The van der Waals surface area contributed by atoms with E-state index in [4.69, 9.17) is 5.73 Å². The van der Waals surface area contributed by atoms with Gasteiger partial charge in [-0.2, -0.15) is 0 Å². The van der Waals surface area contributed by atoms with Crippen molar-refractivity contribution in [2.24, 2.45) is 11.7 Å². The van der Waals surface area contributed by atoms with Crippen LogP contribution in [0.15, 0.2) is 30.3 Å². The normalized spacial score (nSPS) is 18.8. The van der Waals surface area contributed by atoms with Crippen molar-refractivity contribution >= 4 is 11.8 Å². The van der Waals surface area contributed by atoms with Gasteiger partial charge in [0.2, 0.25) is 11.8 Å². The molecule has 1 fully saturated rings. The van der Waals surface area contributed by atoms with E-state index < -0.39 is 0 Å². The van der Waals surface area contributed by atoms with E-state index in [-0.39, 0.29) is 17.7 Å². The Balaban J connectivity index is 1.84. The summed E-state index contributed by atoms with van der Waals surface area (Å²) >= 11 is 0. The fourth-order valence-corrected chi connectivity index (χ4v) is 2.72. The molecule has 0 radical (unpaired) electrons. The van der Waals surface area contributed by atoms with Gasteiger partial charge < -0.3 is 10.6 Å². The highest BCUT2D eigenvalue weighted by atomic mass is 16.2. The van der Waals surface area contributed by atoms with Crippen LogP contribution in [0.25, 0.3) is 0 Å². The number of primary amides is 1. The third-order valence-corrected chi connectivity index (χ3v) is 3.88. The minimum atomic E-state index is -0.301. The zero-order chi connectivity index (χ0) is 15.2. The maximum absolute atomic E-state index is 12.3. The Morgan fingerprint density at radius 3 is 2.71 bits per heavy atom. The number of likely N-dealkylation sites (N-methyl/N-ethyl adjacent to an activating group) is 1. The largest absolute Gasteiger partial charge is 0.369 e. The second kappa shape index (κ2) is 7.22. The van der Waals surface area contributed by atoms with Crippen LogP contribution in [0.5, 0.6) is 0 Å². The summed E-state index contributed by atoms with van der Waals surface area (Å²) in [6, 6.07) is 10.1. The average molecular weight is 289 g/mol. The van der Waals surface area contributed by atoms with Gasteiger partial charge in [0.1, 0.15) is 0 Å². The van der Waals surface area contributed by atoms with E-state index >= 15 is 0 Å². The summed E-state index contributed by atoms with van der Waals surface area (Å²) in [5.74, 6) is -0.424. The molecule has 114 valence electrons. The smallest absolute Gasteiger partial charge is 0.236 e. The van der Waals surface area contributed by atoms with Gasteiger partial charge in [-0.1, -0.05) is 30.3 Å². The van der Waals surface area contributed by atoms with Crippen molar-refractivity contribution in [2.75, 3.05) is 26.7 Å². The standard InChI is InChI=1S/C16H23N3O2/c1-18(10-13-6-3-2-4-7-13)12-15(20)19-9-5-8-14(11-19)16(17)21/h2-4,6-7,14H,5,8-12H2,1H3,(H2,17,21). The first-order valence-corrected chi connectivity index (χ1v) is 7.36. The molecule has 1 aliphatic heterocycles. The number of hydrogen-bond acceptors (Lipinski definition) is 3. The molecule has 1 aromatic rings. The first-order chi connectivity index (χ1) is 10.1. The number of likely N-dealkylation sites (tertiary alicyclic amines) is 1. The quantitative estimate of drug-likeness (QED) is 0.873. The highest BCUT2D eigenvalue weighted by Crippen LogP contribution is 2.16. The Hall–Kier alpha value is -1.88. The molecule has 1 saturated heterocycles. The van der Waals surface area contributed by atoms with E-state index in [2.05, 4.69) is 0 Å². The van der Waals surface area contributed by atoms with Crippen LogP contribution in [-0.4, -0.2) is 48.3 Å². The second-order valence-electron chi connectivity index (χ2n) is 5.74. The lowest BCUT2D eigenvalue weighted by Gasteiger charge is -2.32. The van der Waals surface area contributed by atoms with Gasteiger partial charge in [0, 0.05) is 19.6 Å². The van der Waals surface area contributed by atoms with Gasteiger partial charge in [0.15, 0.2) is 0 Å². The minimum Gasteiger partial charge on any atom is -0.369 e. The van der Waals surface area contributed by atoms with E-state index in [1.54, 1.807) is 4.90 Å². The molecule has 1 unspecified atom stereocenters. The fourth-order valence-electron chi connectivity index (χ4n) is 2.72. The molecule has 21 heavy (non-hydrogen) atoms. The SMILES string of the molecule is CN(CC(=O)N1CCCC(C(N)=O)C1)Cc1ccccc1. The fraction of sp³-hybridized carbons (Fsp3) is 0.500. The summed E-state index contributed by atoms with van der Waals surface area (Å²) in [6.07, 6.45) is 1.64. The Labute approximate surface area is 125 Å². The van der Waals surface area contributed by atoms with Crippen molar-refractivity contribution < 1.29 is 9.59 Å². The van der Waals surface area contributed by atoms with Crippen LogP contribution in [0.1, 0.15) is 18.4 Å². The molecule has 2 N–H and O–H groups in total. The number of nitrogens with zero attached hydrogens (tertiary/aromatic N) is 2. The van der Waals surface area contributed by atoms with Gasteiger partial charge >= 0.3 is 0 Å². The Bertz CT molecular complexity index is 490. The van der Waals surface area contributed by atoms with Crippen molar-refractivity contribution in [2.45, 2.75) is 19.4 Å². The lowest BCUT2D eigenvalue weighted by atomic mass is 9.97. The highest BCUT2D eigenvalue weighted by molar-refractivity contribution is 5.81. The summed E-state index contributed by atoms with van der Waals surface area (Å²) in [4.78, 5) is 27.3. The molecule has 0 bridgehead atoms. The Kier molecular flexibility index (Phi) is 5.33. The predicted octanol–water partition coefficient (Wildman–Crippen LogP) is 0.842. The van der Waals surface area contributed by atoms with Crippen LogP contribution in [0.2, 0.25) is 0 Å². The van der Waals surface area contributed by atoms with Gasteiger partial charge in [-0.05, 0) is 25.5 Å². The monoisotopic (exact) mass is 289 g/mol. The molecule has 2 amide bonds. The minimum absolute atomic E-state index is 0.0689. The highest BCUT2D eigenvalue weighted by Gasteiger charge is 2.27. The van der Waals surface area contributed by atoms with Gasteiger partial charge in [0.05, 0.1) is 12.5 Å². The first kappa shape index (κ1) is 15.5. The van der Waals surface area contributed by atoms with Crippen LogP contribution >= 0.6 is 0 Å². The molecule has 5 heteroatoms. The van der Waals surface area contributed by atoms with Crippen LogP contribution in [0, 0.1) is 5.92 Å². The summed E-state index contributed by atoms with van der Waals surface area (Å²) < 4.78 is 0. The summed E-state index contributed by atoms with van der Waals surface area (Å²) in [7, 11) is 1.93. The number of piperidine rings is 1. The van der Waals surface area contributed by atoms with Crippen molar-refractivity contribution in [3.63, 3.8) is 0 Å². The summed E-state index contributed by atoms with van der Waals surface area (Å²) in [5, 5.41) is 0. The number of nitrogens with two attached hydrogens (primary N) is 1. The van der Waals surface area contributed by atoms with Gasteiger partial charge in [-0.3, -0.25) is 14.5 Å². The van der Waals surface area contributed by atoms with Crippen molar-refractivity contribution in [1.82, 2.24) is 9.80 Å². The van der Waals surface area contributed by atoms with E-state index in [9.17, 15) is 9.59 Å². The average Bonchev–Trinajstić information content (AvgIpc) is 2.48. The number of benzene rings is 1. The predicted molar refractivity (Wildman–Crippen MR) is 81.3 cm³/mol. The number of rotatable bonds is 5. The van der Waals surface area contributed by atoms with Gasteiger partial charge in [-0.15, -0.1) is 0 Å². The van der Waals surface area contributed by atoms with Crippen LogP contribution in [0.4, 0.5) is 0 Å². The third-order valence-electron chi connectivity index (χ3n) is 3.88. The zero-order valence-electron chi connectivity index (χ0n) is 12.5. The Morgan fingerprint density at radius 1 is 1.33 bits per heavy atom. The zero-order valence-corrected chi connectivity index (χ0v) is 12.5. The Morgan fingerprint density at radius 2 is 2.05 bits per heavy atom. The van der Waals surface area contributed by atoms with Crippen molar-refractivity contribution in [1.29, 1.82) is 0 Å².